The second-order valence-corrected chi connectivity index (χ2v) is 7.76. The molecule has 5 N–H and O–H groups in total. The van der Waals surface area contributed by atoms with Gasteiger partial charge < -0.3 is 21.7 Å². The van der Waals surface area contributed by atoms with Crippen LogP contribution >= 0.6 is 0 Å². The van der Waals surface area contributed by atoms with Crippen molar-refractivity contribution in [2.24, 2.45) is 11.7 Å². The number of carbonyl (C=O) groups excluding carboxylic acids is 2. The Balaban J connectivity index is 2.04. The minimum atomic E-state index is -0.494. The van der Waals surface area contributed by atoms with E-state index in [1.165, 1.54) is 0 Å². The second kappa shape index (κ2) is 13.1. The van der Waals surface area contributed by atoms with Crippen molar-refractivity contribution < 1.29 is 9.59 Å². The molecule has 0 aromatic carbocycles. The largest absolute Gasteiger partial charge is 0.355 e. The van der Waals surface area contributed by atoms with Gasteiger partial charge in [-0.15, -0.1) is 0 Å². The van der Waals surface area contributed by atoms with Crippen LogP contribution in [0.2, 0.25) is 0 Å². The zero-order valence-electron chi connectivity index (χ0n) is 16.9. The monoisotopic (exact) mass is 369 g/mol. The quantitative estimate of drug-likeness (QED) is 0.374. The number of rotatable bonds is 12. The summed E-state index contributed by atoms with van der Waals surface area (Å²) in [4.78, 5) is 26.1. The van der Waals surface area contributed by atoms with E-state index in [4.69, 9.17) is 5.73 Å². The molecule has 0 bridgehead atoms. The first-order chi connectivity index (χ1) is 12.4. The van der Waals surface area contributed by atoms with Gasteiger partial charge in [0.15, 0.2) is 0 Å². The SMILES string of the molecule is CNC1CCN(CC(=O)NCCC[C@@H](N)C(=O)NCCCC(C)C)CC1. The van der Waals surface area contributed by atoms with Gasteiger partial charge in [0, 0.05) is 32.2 Å². The van der Waals surface area contributed by atoms with E-state index in [1.807, 2.05) is 7.05 Å². The molecule has 0 radical (unpaired) electrons. The minimum absolute atomic E-state index is 0.0552. The number of nitrogens with two attached hydrogens (primary N) is 1. The lowest BCUT2D eigenvalue weighted by atomic mass is 10.1. The molecule has 7 nitrogen and oxygen atoms in total. The van der Waals surface area contributed by atoms with Crippen molar-refractivity contribution in [3.05, 3.63) is 0 Å². The maximum absolute atomic E-state index is 12.0. The van der Waals surface area contributed by atoms with Crippen LogP contribution in [0.5, 0.6) is 0 Å². The number of nitrogens with one attached hydrogen (secondary N) is 3. The average molecular weight is 370 g/mol. The van der Waals surface area contributed by atoms with E-state index in [9.17, 15) is 9.59 Å². The molecule has 0 spiro atoms. The lowest BCUT2D eigenvalue weighted by Gasteiger charge is -2.31. The average Bonchev–Trinajstić information content (AvgIpc) is 2.62. The zero-order chi connectivity index (χ0) is 19.4. The molecule has 0 aromatic rings. The maximum atomic E-state index is 12.0. The summed E-state index contributed by atoms with van der Waals surface area (Å²) in [5, 5.41) is 9.11. The molecule has 1 fully saturated rings. The standard InChI is InChI=1S/C19H39N5O2/c1-15(2)6-4-11-23-19(26)17(20)7-5-10-22-18(25)14-24-12-8-16(21-3)9-13-24/h15-17,21H,4-14,20H2,1-3H3,(H,22,25)(H,23,26)/t17-/m1/s1. The molecule has 152 valence electrons. The normalized spacial score (nSPS) is 17.3. The molecule has 1 atom stereocenters. The number of piperidine rings is 1. The van der Waals surface area contributed by atoms with E-state index in [1.54, 1.807) is 0 Å². The van der Waals surface area contributed by atoms with Gasteiger partial charge in [-0.3, -0.25) is 14.5 Å². The van der Waals surface area contributed by atoms with E-state index >= 15 is 0 Å². The molecule has 1 saturated heterocycles. The topological polar surface area (TPSA) is 99.5 Å². The van der Waals surface area contributed by atoms with Gasteiger partial charge in [0.05, 0.1) is 12.6 Å². The minimum Gasteiger partial charge on any atom is -0.355 e. The van der Waals surface area contributed by atoms with E-state index in [0.29, 0.717) is 44.4 Å². The number of carbonyl (C=O) groups is 2. The van der Waals surface area contributed by atoms with E-state index in [0.717, 1.165) is 38.8 Å². The summed E-state index contributed by atoms with van der Waals surface area (Å²) >= 11 is 0. The van der Waals surface area contributed by atoms with E-state index in [2.05, 4.69) is 34.7 Å². The Morgan fingerprint density at radius 3 is 2.31 bits per heavy atom. The van der Waals surface area contributed by atoms with Gasteiger partial charge in [0.2, 0.25) is 11.8 Å². The van der Waals surface area contributed by atoms with Gasteiger partial charge in [-0.2, -0.15) is 0 Å². The molecule has 0 saturated carbocycles. The fourth-order valence-corrected chi connectivity index (χ4v) is 3.17. The van der Waals surface area contributed by atoms with Crippen LogP contribution in [-0.4, -0.2) is 68.6 Å². The number of amides is 2. The van der Waals surface area contributed by atoms with Crippen molar-refractivity contribution in [3.63, 3.8) is 0 Å². The first-order valence-corrected chi connectivity index (χ1v) is 10.1. The maximum Gasteiger partial charge on any atom is 0.236 e. The predicted molar refractivity (Wildman–Crippen MR) is 106 cm³/mol. The van der Waals surface area contributed by atoms with Crippen LogP contribution in [0.4, 0.5) is 0 Å². The third kappa shape index (κ3) is 10.1. The highest BCUT2D eigenvalue weighted by Crippen LogP contribution is 2.09. The molecule has 2 amide bonds. The summed E-state index contributed by atoms with van der Waals surface area (Å²) in [5.41, 5.74) is 5.91. The molecule has 26 heavy (non-hydrogen) atoms. The number of hydrogen-bond donors (Lipinski definition) is 4. The van der Waals surface area contributed by atoms with E-state index < -0.39 is 6.04 Å². The van der Waals surface area contributed by atoms with Crippen molar-refractivity contribution >= 4 is 11.8 Å². The molecule has 0 aromatic heterocycles. The van der Waals surface area contributed by atoms with Crippen molar-refractivity contribution in [1.82, 2.24) is 20.9 Å². The summed E-state index contributed by atoms with van der Waals surface area (Å²) in [6.07, 6.45) is 5.57. The lowest BCUT2D eigenvalue weighted by Crippen LogP contribution is -2.45. The molecule has 1 aliphatic rings. The van der Waals surface area contributed by atoms with Crippen LogP contribution < -0.4 is 21.7 Å². The highest BCUT2D eigenvalue weighted by molar-refractivity contribution is 5.81. The first kappa shape index (κ1) is 22.9. The van der Waals surface area contributed by atoms with Crippen LogP contribution in [0.3, 0.4) is 0 Å². The molecular formula is C19H39N5O2. The van der Waals surface area contributed by atoms with Crippen LogP contribution in [0.1, 0.15) is 52.4 Å². The Kier molecular flexibility index (Phi) is 11.5. The van der Waals surface area contributed by atoms with Crippen LogP contribution in [-0.2, 0) is 9.59 Å². The van der Waals surface area contributed by atoms with Crippen molar-refractivity contribution in [3.8, 4) is 0 Å². The fourth-order valence-electron chi connectivity index (χ4n) is 3.17. The predicted octanol–water partition coefficient (Wildman–Crippen LogP) is 0.446. The van der Waals surface area contributed by atoms with Gasteiger partial charge in [-0.1, -0.05) is 13.8 Å². The zero-order valence-corrected chi connectivity index (χ0v) is 16.9. The van der Waals surface area contributed by atoms with Gasteiger partial charge in [-0.25, -0.2) is 0 Å². The smallest absolute Gasteiger partial charge is 0.236 e. The van der Waals surface area contributed by atoms with Gasteiger partial charge in [-0.05, 0) is 51.5 Å². The summed E-state index contributed by atoms with van der Waals surface area (Å²) in [6, 6.07) is 0.0823. The third-order valence-corrected chi connectivity index (χ3v) is 4.97. The Labute approximate surface area is 158 Å². The van der Waals surface area contributed by atoms with E-state index in [-0.39, 0.29) is 11.8 Å². The summed E-state index contributed by atoms with van der Waals surface area (Å²) in [7, 11) is 1.99. The van der Waals surface area contributed by atoms with Crippen LogP contribution in [0, 0.1) is 5.92 Å². The van der Waals surface area contributed by atoms with Crippen molar-refractivity contribution in [2.75, 3.05) is 39.8 Å². The molecular weight excluding hydrogens is 330 g/mol. The summed E-state index contributed by atoms with van der Waals surface area (Å²) in [6.45, 7) is 7.98. The highest BCUT2D eigenvalue weighted by atomic mass is 16.2. The fraction of sp³-hybridized carbons (Fsp3) is 0.895. The van der Waals surface area contributed by atoms with Crippen molar-refractivity contribution in [2.45, 2.75) is 64.5 Å². The Hall–Kier alpha value is -1.18. The number of nitrogens with zero attached hydrogens (tertiary/aromatic N) is 1. The molecule has 1 heterocycles. The van der Waals surface area contributed by atoms with Gasteiger partial charge in [0.1, 0.15) is 0 Å². The Morgan fingerprint density at radius 2 is 1.69 bits per heavy atom. The lowest BCUT2D eigenvalue weighted by molar-refractivity contribution is -0.122. The van der Waals surface area contributed by atoms with Crippen LogP contribution in [0.25, 0.3) is 0 Å². The Morgan fingerprint density at radius 1 is 1.08 bits per heavy atom. The molecule has 0 aliphatic carbocycles. The Bertz CT molecular complexity index is 409. The highest BCUT2D eigenvalue weighted by Gasteiger charge is 2.19. The molecule has 7 heteroatoms. The summed E-state index contributed by atoms with van der Waals surface area (Å²) in [5.74, 6) is 0.617. The van der Waals surface area contributed by atoms with Gasteiger partial charge >= 0.3 is 0 Å². The van der Waals surface area contributed by atoms with Crippen LogP contribution in [0.15, 0.2) is 0 Å². The van der Waals surface area contributed by atoms with Gasteiger partial charge in [0.25, 0.3) is 0 Å². The molecule has 0 unspecified atom stereocenters. The number of likely N-dealkylation sites (tertiary alicyclic amines) is 1. The first-order valence-electron chi connectivity index (χ1n) is 10.1. The second-order valence-electron chi connectivity index (χ2n) is 7.76. The molecule has 1 aliphatic heterocycles. The summed E-state index contributed by atoms with van der Waals surface area (Å²) < 4.78 is 0. The third-order valence-electron chi connectivity index (χ3n) is 4.97. The van der Waals surface area contributed by atoms with Crippen molar-refractivity contribution in [1.29, 1.82) is 0 Å². The molecule has 1 rings (SSSR count). The number of hydrogen-bond acceptors (Lipinski definition) is 5.